The van der Waals surface area contributed by atoms with Crippen LogP contribution in [0, 0.1) is 0 Å². The molecule has 1 unspecified atom stereocenters. The van der Waals surface area contributed by atoms with Gasteiger partial charge in [-0.25, -0.2) is 9.50 Å². The Hall–Kier alpha value is -1.62. The highest BCUT2D eigenvalue weighted by Crippen LogP contribution is 2.17. The van der Waals surface area contributed by atoms with Gasteiger partial charge in [-0.1, -0.05) is 0 Å². The van der Waals surface area contributed by atoms with E-state index in [2.05, 4.69) is 20.7 Å². The summed E-state index contributed by atoms with van der Waals surface area (Å²) in [7, 11) is 0. The average Bonchev–Trinajstić information content (AvgIpc) is 2.69. The minimum Gasteiger partial charge on any atom is -0.366 e. The molecule has 5 heteroatoms. The van der Waals surface area contributed by atoms with Crippen LogP contribution in [0.25, 0.3) is 5.52 Å². The van der Waals surface area contributed by atoms with Crippen molar-refractivity contribution < 1.29 is 0 Å². The Morgan fingerprint density at radius 3 is 3.29 bits per heavy atom. The third-order valence-corrected chi connectivity index (χ3v) is 3.24. The van der Waals surface area contributed by atoms with Crippen molar-refractivity contribution in [3.05, 3.63) is 24.7 Å². The quantitative estimate of drug-likeness (QED) is 0.817. The van der Waals surface area contributed by atoms with Crippen molar-refractivity contribution in [1.82, 2.24) is 19.9 Å². The first-order valence-electron chi connectivity index (χ1n) is 6.19. The van der Waals surface area contributed by atoms with Crippen molar-refractivity contribution in [2.24, 2.45) is 0 Å². The van der Waals surface area contributed by atoms with Crippen LogP contribution in [0.15, 0.2) is 24.7 Å². The molecule has 0 saturated carbocycles. The van der Waals surface area contributed by atoms with Gasteiger partial charge >= 0.3 is 0 Å². The summed E-state index contributed by atoms with van der Waals surface area (Å²) in [5.74, 6) is 0.942. The molecule has 2 N–H and O–H groups in total. The molecule has 1 saturated heterocycles. The van der Waals surface area contributed by atoms with Crippen LogP contribution in [0.5, 0.6) is 0 Å². The summed E-state index contributed by atoms with van der Waals surface area (Å²) in [6.07, 6.45) is 9.03. The number of nitrogens with zero attached hydrogens (tertiary/aromatic N) is 3. The third-order valence-electron chi connectivity index (χ3n) is 3.24. The van der Waals surface area contributed by atoms with Crippen LogP contribution in [0.1, 0.15) is 19.3 Å². The largest absolute Gasteiger partial charge is 0.366 e. The molecule has 0 aliphatic carbocycles. The predicted molar refractivity (Wildman–Crippen MR) is 67.1 cm³/mol. The smallest absolute Gasteiger partial charge is 0.152 e. The van der Waals surface area contributed by atoms with Crippen molar-refractivity contribution in [3.8, 4) is 0 Å². The monoisotopic (exact) mass is 231 g/mol. The number of anilines is 1. The maximum Gasteiger partial charge on any atom is 0.152 e. The Kier molecular flexibility index (Phi) is 2.92. The number of nitrogens with one attached hydrogen (secondary N) is 2. The molecular weight excluding hydrogens is 214 g/mol. The lowest BCUT2D eigenvalue weighted by Gasteiger charge is -2.16. The fourth-order valence-electron chi connectivity index (χ4n) is 2.33. The average molecular weight is 231 g/mol. The lowest BCUT2D eigenvalue weighted by molar-refractivity contribution is 0.635. The van der Waals surface area contributed by atoms with Crippen molar-refractivity contribution in [1.29, 1.82) is 0 Å². The maximum atomic E-state index is 4.41. The summed E-state index contributed by atoms with van der Waals surface area (Å²) in [5.41, 5.74) is 1.05. The topological polar surface area (TPSA) is 54.2 Å². The van der Waals surface area contributed by atoms with Crippen LogP contribution < -0.4 is 10.6 Å². The van der Waals surface area contributed by atoms with E-state index in [-0.39, 0.29) is 0 Å². The van der Waals surface area contributed by atoms with E-state index in [1.165, 1.54) is 12.8 Å². The van der Waals surface area contributed by atoms with Crippen molar-refractivity contribution in [2.75, 3.05) is 18.4 Å². The highest BCUT2D eigenvalue weighted by Gasteiger charge is 2.13. The van der Waals surface area contributed by atoms with Gasteiger partial charge < -0.3 is 10.6 Å². The summed E-state index contributed by atoms with van der Waals surface area (Å²) in [6, 6.07) is 2.50. The van der Waals surface area contributed by atoms with Crippen LogP contribution in [0.4, 0.5) is 5.82 Å². The molecule has 1 atom stereocenters. The van der Waals surface area contributed by atoms with E-state index >= 15 is 0 Å². The van der Waals surface area contributed by atoms with Gasteiger partial charge in [0.1, 0.15) is 5.52 Å². The number of fused-ring (bicyclic) bond motifs is 1. The number of hydrogen-bond acceptors (Lipinski definition) is 4. The molecule has 1 aliphatic heterocycles. The highest BCUT2D eigenvalue weighted by molar-refractivity contribution is 5.67. The second-order valence-corrected chi connectivity index (χ2v) is 4.46. The van der Waals surface area contributed by atoms with Crippen molar-refractivity contribution >= 4 is 11.3 Å². The normalized spacial score (nSPS) is 21.3. The predicted octanol–water partition coefficient (Wildman–Crippen LogP) is 1.28. The molecule has 90 valence electrons. The van der Waals surface area contributed by atoms with E-state index in [4.69, 9.17) is 0 Å². The van der Waals surface area contributed by atoms with Crippen LogP contribution in [-0.2, 0) is 0 Å². The second kappa shape index (κ2) is 4.71. The first-order chi connectivity index (χ1) is 8.43. The van der Waals surface area contributed by atoms with E-state index < -0.39 is 0 Å². The number of aromatic nitrogens is 3. The molecule has 0 bridgehead atoms. The zero-order valence-electron chi connectivity index (χ0n) is 9.76. The molecule has 17 heavy (non-hydrogen) atoms. The number of hydrogen-bond donors (Lipinski definition) is 2. The molecule has 3 rings (SSSR count). The van der Waals surface area contributed by atoms with Crippen LogP contribution >= 0.6 is 0 Å². The molecule has 5 nitrogen and oxygen atoms in total. The minimum absolute atomic E-state index is 0.513. The Balaban J connectivity index is 1.81. The molecule has 0 aromatic carbocycles. The SMILES string of the molecule is c1cn2nccc2c(NC2CCCNCC2)n1. The Bertz CT molecular complexity index is 484. The van der Waals surface area contributed by atoms with Gasteiger partial charge in [0, 0.05) is 18.4 Å². The fourth-order valence-corrected chi connectivity index (χ4v) is 2.33. The molecular formula is C12H17N5. The standard InChI is InChI=1S/C12H17N5/c1-2-10(3-6-13-5-1)16-12-11-4-7-15-17(11)9-8-14-12/h4,7-10,13H,1-3,5-6H2,(H,14,16). The van der Waals surface area contributed by atoms with E-state index in [0.717, 1.165) is 30.8 Å². The van der Waals surface area contributed by atoms with Gasteiger partial charge in [-0.05, 0) is 38.4 Å². The lowest BCUT2D eigenvalue weighted by atomic mass is 10.1. The minimum atomic E-state index is 0.513. The lowest BCUT2D eigenvalue weighted by Crippen LogP contribution is -2.22. The third kappa shape index (κ3) is 2.24. The second-order valence-electron chi connectivity index (χ2n) is 4.46. The summed E-state index contributed by atoms with van der Waals surface area (Å²) in [5, 5.41) is 11.2. The first kappa shape index (κ1) is 10.5. The molecule has 1 fully saturated rings. The fraction of sp³-hybridized carbons (Fsp3) is 0.500. The van der Waals surface area contributed by atoms with Gasteiger partial charge in [-0.3, -0.25) is 0 Å². The van der Waals surface area contributed by atoms with Gasteiger partial charge in [0.05, 0.1) is 6.20 Å². The summed E-state index contributed by atoms with van der Waals surface area (Å²) < 4.78 is 1.85. The van der Waals surface area contributed by atoms with E-state index in [1.807, 2.05) is 16.8 Å². The maximum absolute atomic E-state index is 4.41. The van der Waals surface area contributed by atoms with Gasteiger partial charge in [-0.15, -0.1) is 0 Å². The highest BCUT2D eigenvalue weighted by atomic mass is 15.2. The molecule has 1 aliphatic rings. The van der Waals surface area contributed by atoms with E-state index in [9.17, 15) is 0 Å². The van der Waals surface area contributed by atoms with Gasteiger partial charge in [-0.2, -0.15) is 5.10 Å². The van der Waals surface area contributed by atoms with Crippen LogP contribution in [0.2, 0.25) is 0 Å². The summed E-state index contributed by atoms with van der Waals surface area (Å²) >= 11 is 0. The molecule has 0 radical (unpaired) electrons. The summed E-state index contributed by atoms with van der Waals surface area (Å²) in [6.45, 7) is 2.21. The Morgan fingerprint density at radius 2 is 2.29 bits per heavy atom. The van der Waals surface area contributed by atoms with E-state index in [0.29, 0.717) is 6.04 Å². The molecule has 2 aromatic rings. The van der Waals surface area contributed by atoms with E-state index in [1.54, 1.807) is 12.4 Å². The molecule has 3 heterocycles. The Morgan fingerprint density at radius 1 is 1.29 bits per heavy atom. The summed E-state index contributed by atoms with van der Waals surface area (Å²) in [4.78, 5) is 4.41. The zero-order valence-corrected chi connectivity index (χ0v) is 9.76. The molecule has 0 amide bonds. The van der Waals surface area contributed by atoms with Gasteiger partial charge in [0.25, 0.3) is 0 Å². The zero-order chi connectivity index (χ0) is 11.5. The molecule has 2 aromatic heterocycles. The van der Waals surface area contributed by atoms with Crippen LogP contribution in [-0.4, -0.2) is 33.7 Å². The molecule has 0 spiro atoms. The van der Waals surface area contributed by atoms with Crippen LogP contribution in [0.3, 0.4) is 0 Å². The van der Waals surface area contributed by atoms with Gasteiger partial charge in [0.15, 0.2) is 5.82 Å². The first-order valence-corrected chi connectivity index (χ1v) is 6.19. The number of rotatable bonds is 2. The van der Waals surface area contributed by atoms with Crippen molar-refractivity contribution in [2.45, 2.75) is 25.3 Å². The van der Waals surface area contributed by atoms with Gasteiger partial charge in [0.2, 0.25) is 0 Å². The van der Waals surface area contributed by atoms with Crippen molar-refractivity contribution in [3.63, 3.8) is 0 Å². The Labute approximate surface area is 100 Å².